The van der Waals surface area contributed by atoms with E-state index >= 15 is 0 Å². The number of rotatable bonds is 3. The molecule has 23 heavy (non-hydrogen) atoms. The van der Waals surface area contributed by atoms with Crippen LogP contribution >= 0.6 is 0 Å². The Kier molecular flexibility index (Phi) is 2.96. The molecular formula is C13H14N8O2. The summed E-state index contributed by atoms with van der Waals surface area (Å²) in [5.41, 5.74) is 1.31. The Morgan fingerprint density at radius 3 is 2.96 bits per heavy atom. The molecule has 1 aliphatic rings. The highest BCUT2D eigenvalue weighted by Gasteiger charge is 2.35. The molecule has 1 amide bonds. The van der Waals surface area contributed by atoms with E-state index in [2.05, 4.69) is 30.8 Å². The molecule has 3 aromatic rings. The Morgan fingerprint density at radius 1 is 1.39 bits per heavy atom. The van der Waals surface area contributed by atoms with Crippen LogP contribution < -0.4 is 10.2 Å². The van der Waals surface area contributed by atoms with Gasteiger partial charge in [-0.2, -0.15) is 0 Å². The first-order chi connectivity index (χ1) is 11.1. The zero-order valence-corrected chi connectivity index (χ0v) is 12.6. The average Bonchev–Trinajstić information content (AvgIpc) is 3.05. The van der Waals surface area contributed by atoms with E-state index in [0.717, 1.165) is 0 Å². The van der Waals surface area contributed by atoms with Crippen LogP contribution in [-0.2, 0) is 11.8 Å². The minimum absolute atomic E-state index is 0.0843. The van der Waals surface area contributed by atoms with Crippen molar-refractivity contribution < 1.29 is 9.32 Å². The van der Waals surface area contributed by atoms with Gasteiger partial charge >= 0.3 is 0 Å². The lowest BCUT2D eigenvalue weighted by molar-refractivity contribution is -0.120. The molecule has 1 N–H and O–H groups in total. The monoisotopic (exact) mass is 314 g/mol. The second kappa shape index (κ2) is 5.00. The third-order valence-electron chi connectivity index (χ3n) is 3.80. The van der Waals surface area contributed by atoms with Crippen molar-refractivity contribution in [1.29, 1.82) is 0 Å². The highest BCUT2D eigenvalue weighted by Crippen LogP contribution is 2.27. The molecule has 0 aliphatic carbocycles. The van der Waals surface area contributed by atoms with Gasteiger partial charge in [0.15, 0.2) is 22.8 Å². The van der Waals surface area contributed by atoms with E-state index in [4.69, 9.17) is 4.52 Å². The molecule has 0 aromatic carbocycles. The zero-order valence-electron chi connectivity index (χ0n) is 12.6. The van der Waals surface area contributed by atoms with Gasteiger partial charge < -0.3 is 14.7 Å². The highest BCUT2D eigenvalue weighted by molar-refractivity contribution is 5.94. The van der Waals surface area contributed by atoms with Gasteiger partial charge in [-0.05, 0) is 6.92 Å². The van der Waals surface area contributed by atoms with Crippen LogP contribution in [0.5, 0.6) is 0 Å². The molecule has 0 bridgehead atoms. The van der Waals surface area contributed by atoms with Gasteiger partial charge in [-0.15, -0.1) is 5.10 Å². The topological polar surface area (TPSA) is 115 Å². The number of carbonyl (C=O) groups is 1. The van der Waals surface area contributed by atoms with Crippen molar-refractivity contribution in [3.8, 4) is 0 Å². The third kappa shape index (κ3) is 2.28. The molecule has 0 atom stereocenters. The summed E-state index contributed by atoms with van der Waals surface area (Å²) in [4.78, 5) is 22.6. The molecule has 0 radical (unpaired) electrons. The Hall–Kier alpha value is -3.04. The quantitative estimate of drug-likeness (QED) is 0.725. The molecule has 3 aromatic heterocycles. The largest absolute Gasteiger partial charge is 0.360 e. The normalized spacial score (nSPS) is 15.0. The molecule has 0 saturated carbocycles. The summed E-state index contributed by atoms with van der Waals surface area (Å²) in [5.74, 6) is 1.57. The van der Waals surface area contributed by atoms with Crippen LogP contribution in [-0.4, -0.2) is 49.1 Å². The Balaban J connectivity index is 1.45. The van der Waals surface area contributed by atoms with Crippen LogP contribution in [0.25, 0.3) is 11.2 Å². The van der Waals surface area contributed by atoms with Crippen molar-refractivity contribution in [3.05, 3.63) is 18.2 Å². The number of fused-ring (bicyclic) bond motifs is 1. The summed E-state index contributed by atoms with van der Waals surface area (Å²) in [6.07, 6.45) is 1.48. The lowest BCUT2D eigenvalue weighted by atomic mass is 9.99. The molecule has 1 aliphatic heterocycles. The van der Waals surface area contributed by atoms with Crippen molar-refractivity contribution in [3.63, 3.8) is 0 Å². The van der Waals surface area contributed by atoms with Gasteiger partial charge in [-0.25, -0.2) is 14.6 Å². The van der Waals surface area contributed by atoms with Crippen LogP contribution in [0.2, 0.25) is 0 Å². The lowest BCUT2D eigenvalue weighted by Gasteiger charge is -2.38. The van der Waals surface area contributed by atoms with Gasteiger partial charge in [0.1, 0.15) is 12.1 Å². The fourth-order valence-electron chi connectivity index (χ4n) is 2.54. The number of aromatic nitrogens is 6. The minimum Gasteiger partial charge on any atom is -0.360 e. The highest BCUT2D eigenvalue weighted by atomic mass is 16.5. The Labute approximate surface area is 130 Å². The maximum Gasteiger partial charge on any atom is 0.232 e. The summed E-state index contributed by atoms with van der Waals surface area (Å²) < 4.78 is 6.52. The number of anilines is 2. The number of hydrogen-bond donors (Lipinski definition) is 1. The number of aryl methyl sites for hydroxylation is 2. The molecule has 0 spiro atoms. The maximum atomic E-state index is 12.2. The van der Waals surface area contributed by atoms with Crippen LogP contribution in [0.3, 0.4) is 0 Å². The standard InChI is InChI=1S/C13H14N8O2/c1-7-3-9(18-23-7)16-13(22)8-4-21(5-8)12-10-11(14-6-15-12)20(2)19-17-10/h3,6,8H,4-5H2,1-2H3,(H,16,18,22). The van der Waals surface area contributed by atoms with E-state index in [0.29, 0.717) is 41.6 Å². The predicted octanol–water partition coefficient (Wildman–Crippen LogP) is 0.130. The van der Waals surface area contributed by atoms with Crippen LogP contribution in [0.1, 0.15) is 5.76 Å². The number of nitrogens with one attached hydrogen (secondary N) is 1. The second-order valence-corrected chi connectivity index (χ2v) is 5.50. The SMILES string of the molecule is Cc1cc(NC(=O)C2CN(c3ncnc4c3nnn4C)C2)no1. The zero-order chi connectivity index (χ0) is 16.0. The average molecular weight is 314 g/mol. The van der Waals surface area contributed by atoms with Gasteiger partial charge in [-0.1, -0.05) is 10.4 Å². The molecular weight excluding hydrogens is 300 g/mol. The van der Waals surface area contributed by atoms with E-state index < -0.39 is 0 Å². The Bertz CT molecular complexity index is 879. The van der Waals surface area contributed by atoms with Gasteiger partial charge in [0.25, 0.3) is 0 Å². The second-order valence-electron chi connectivity index (χ2n) is 5.50. The van der Waals surface area contributed by atoms with E-state index in [1.807, 2.05) is 4.90 Å². The van der Waals surface area contributed by atoms with Crippen LogP contribution in [0.4, 0.5) is 11.6 Å². The molecule has 1 fully saturated rings. The van der Waals surface area contributed by atoms with Crippen molar-refractivity contribution in [2.24, 2.45) is 13.0 Å². The summed E-state index contributed by atoms with van der Waals surface area (Å²) in [6.45, 7) is 2.89. The van der Waals surface area contributed by atoms with Crippen molar-refractivity contribution >= 4 is 28.7 Å². The number of carbonyl (C=O) groups excluding carboxylic acids is 1. The van der Waals surface area contributed by atoms with E-state index in [1.165, 1.54) is 6.33 Å². The molecule has 10 heteroatoms. The fraction of sp³-hybridized carbons (Fsp3) is 0.385. The van der Waals surface area contributed by atoms with Gasteiger partial charge in [0, 0.05) is 26.2 Å². The summed E-state index contributed by atoms with van der Waals surface area (Å²) >= 11 is 0. The van der Waals surface area contributed by atoms with Crippen molar-refractivity contribution in [2.75, 3.05) is 23.3 Å². The molecule has 118 valence electrons. The first-order valence-electron chi connectivity index (χ1n) is 7.11. The number of hydrogen-bond acceptors (Lipinski definition) is 8. The van der Waals surface area contributed by atoms with Gasteiger partial charge in [0.05, 0.1) is 5.92 Å². The van der Waals surface area contributed by atoms with Crippen molar-refractivity contribution in [1.82, 2.24) is 30.1 Å². The molecule has 4 rings (SSSR count). The van der Waals surface area contributed by atoms with Gasteiger partial charge in [-0.3, -0.25) is 4.79 Å². The smallest absolute Gasteiger partial charge is 0.232 e. The van der Waals surface area contributed by atoms with E-state index in [9.17, 15) is 4.79 Å². The predicted molar refractivity (Wildman–Crippen MR) is 79.7 cm³/mol. The Morgan fingerprint density at radius 2 is 2.22 bits per heavy atom. The lowest BCUT2D eigenvalue weighted by Crippen LogP contribution is -2.52. The molecule has 0 unspecified atom stereocenters. The summed E-state index contributed by atoms with van der Waals surface area (Å²) in [7, 11) is 1.78. The molecule has 4 heterocycles. The number of amides is 1. The fourth-order valence-corrected chi connectivity index (χ4v) is 2.54. The van der Waals surface area contributed by atoms with Crippen molar-refractivity contribution in [2.45, 2.75) is 6.92 Å². The van der Waals surface area contributed by atoms with E-state index in [1.54, 1.807) is 24.7 Å². The first-order valence-corrected chi connectivity index (χ1v) is 7.11. The molecule has 1 saturated heterocycles. The number of nitrogens with zero attached hydrogens (tertiary/aromatic N) is 7. The summed E-state index contributed by atoms with van der Waals surface area (Å²) in [6, 6.07) is 1.68. The van der Waals surface area contributed by atoms with E-state index in [-0.39, 0.29) is 11.8 Å². The summed E-state index contributed by atoms with van der Waals surface area (Å²) in [5, 5.41) is 14.5. The first kappa shape index (κ1) is 13.6. The third-order valence-corrected chi connectivity index (χ3v) is 3.80. The van der Waals surface area contributed by atoms with Crippen LogP contribution in [0.15, 0.2) is 16.9 Å². The molecule has 10 nitrogen and oxygen atoms in total. The maximum absolute atomic E-state index is 12.2. The van der Waals surface area contributed by atoms with Crippen LogP contribution in [0, 0.1) is 12.8 Å². The minimum atomic E-state index is -0.131. The van der Waals surface area contributed by atoms with Gasteiger partial charge in [0.2, 0.25) is 5.91 Å².